The molecule has 0 N–H and O–H groups in total. The average molecular weight is 494 g/mol. The fourth-order valence-corrected chi connectivity index (χ4v) is 5.30. The second kappa shape index (κ2) is 10.4. The summed E-state index contributed by atoms with van der Waals surface area (Å²) in [6.45, 7) is 9.69. The number of likely N-dealkylation sites (tertiary alicyclic amines) is 1. The Balaban J connectivity index is 1.11. The van der Waals surface area contributed by atoms with E-state index in [0.717, 1.165) is 68.3 Å². The number of aryl methyl sites for hydroxylation is 2. The molecule has 5 rings (SSSR count). The summed E-state index contributed by atoms with van der Waals surface area (Å²) < 4.78 is 5.52. The molecule has 0 spiro atoms. The first-order valence-corrected chi connectivity index (χ1v) is 12.8. The molecule has 3 heterocycles. The largest absolute Gasteiger partial charge is 0.368 e. The van der Waals surface area contributed by atoms with Gasteiger partial charge in [-0.25, -0.2) is 0 Å². The van der Waals surface area contributed by atoms with Crippen LogP contribution in [0.1, 0.15) is 29.9 Å². The van der Waals surface area contributed by atoms with Crippen LogP contribution in [0.3, 0.4) is 0 Å². The molecule has 2 aliphatic heterocycles. The maximum absolute atomic E-state index is 13.2. The molecular formula is C27H32ClN5O2. The summed E-state index contributed by atoms with van der Waals surface area (Å²) in [7, 11) is 0. The molecule has 1 aromatic heterocycles. The molecule has 0 radical (unpaired) electrons. The lowest BCUT2D eigenvalue weighted by molar-refractivity contribution is -0.137. The highest BCUT2D eigenvalue weighted by Gasteiger charge is 2.31. The number of benzene rings is 2. The monoisotopic (exact) mass is 493 g/mol. The fourth-order valence-electron chi connectivity index (χ4n) is 5.13. The first-order valence-electron chi connectivity index (χ1n) is 12.4. The van der Waals surface area contributed by atoms with Crippen LogP contribution in [0, 0.1) is 19.8 Å². The van der Waals surface area contributed by atoms with Crippen LogP contribution in [0.2, 0.25) is 5.02 Å². The van der Waals surface area contributed by atoms with Crippen molar-refractivity contribution in [2.45, 2.75) is 33.2 Å². The molecule has 0 atom stereocenters. The third kappa shape index (κ3) is 5.36. The van der Waals surface area contributed by atoms with Gasteiger partial charge in [-0.2, -0.15) is 4.98 Å². The molecule has 2 saturated heterocycles. The maximum Gasteiger partial charge on any atom is 0.241 e. The van der Waals surface area contributed by atoms with Gasteiger partial charge in [-0.3, -0.25) is 9.69 Å². The number of hydrogen-bond donors (Lipinski definition) is 0. The number of carbonyl (C=O) groups is 1. The van der Waals surface area contributed by atoms with E-state index in [9.17, 15) is 4.79 Å². The van der Waals surface area contributed by atoms with Crippen LogP contribution in [-0.4, -0.2) is 65.1 Å². The summed E-state index contributed by atoms with van der Waals surface area (Å²) in [5, 5.41) is 4.92. The second-order valence-corrected chi connectivity index (χ2v) is 10.1. The predicted octanol–water partition coefficient (Wildman–Crippen LogP) is 4.57. The lowest BCUT2D eigenvalue weighted by Gasteiger charge is -2.39. The quantitative estimate of drug-likeness (QED) is 0.519. The van der Waals surface area contributed by atoms with Crippen molar-refractivity contribution in [2.75, 3.05) is 44.2 Å². The van der Waals surface area contributed by atoms with Gasteiger partial charge in [0.2, 0.25) is 17.6 Å². The highest BCUT2D eigenvalue weighted by Crippen LogP contribution is 2.27. The highest BCUT2D eigenvalue weighted by molar-refractivity contribution is 6.30. The number of halogens is 1. The van der Waals surface area contributed by atoms with Gasteiger partial charge in [-0.1, -0.05) is 47.1 Å². The standard InChI is InChI=1S/C27H32ClN5O2/c1-19-5-3-4-6-23(19)26-29-25(35-30-26)18-31-11-9-21(10-12-31)27(34)33-15-13-32(14-16-33)24-17-22(28)8-7-20(24)2/h3-8,17,21H,9-16,18H2,1-2H3. The number of rotatable bonds is 5. The van der Waals surface area contributed by atoms with E-state index in [1.54, 1.807) is 0 Å². The van der Waals surface area contributed by atoms with E-state index in [2.05, 4.69) is 32.9 Å². The minimum atomic E-state index is 0.0934. The molecular weight excluding hydrogens is 462 g/mol. The average Bonchev–Trinajstić information content (AvgIpc) is 3.34. The zero-order chi connectivity index (χ0) is 24.4. The van der Waals surface area contributed by atoms with Crippen LogP contribution in [0.4, 0.5) is 5.69 Å². The predicted molar refractivity (Wildman–Crippen MR) is 137 cm³/mol. The Morgan fingerprint density at radius 3 is 2.49 bits per heavy atom. The summed E-state index contributed by atoms with van der Waals surface area (Å²) >= 11 is 6.21. The van der Waals surface area contributed by atoms with E-state index < -0.39 is 0 Å². The van der Waals surface area contributed by atoms with E-state index in [1.165, 1.54) is 11.3 Å². The Labute approximate surface area is 211 Å². The lowest BCUT2D eigenvalue weighted by atomic mass is 9.95. The van der Waals surface area contributed by atoms with Gasteiger partial charge in [0.25, 0.3) is 0 Å². The second-order valence-electron chi connectivity index (χ2n) is 9.62. The van der Waals surface area contributed by atoms with Gasteiger partial charge in [-0.05, 0) is 63.0 Å². The van der Waals surface area contributed by atoms with Crippen LogP contribution in [0.5, 0.6) is 0 Å². The maximum atomic E-state index is 13.2. The van der Waals surface area contributed by atoms with Crippen LogP contribution in [0.25, 0.3) is 11.4 Å². The summed E-state index contributed by atoms with van der Waals surface area (Å²) in [5.41, 5.74) is 4.51. The number of piperidine rings is 1. The highest BCUT2D eigenvalue weighted by atomic mass is 35.5. The zero-order valence-corrected chi connectivity index (χ0v) is 21.2. The molecule has 8 heteroatoms. The van der Waals surface area contributed by atoms with Gasteiger partial charge in [0.15, 0.2) is 0 Å². The number of nitrogens with zero attached hydrogens (tertiary/aromatic N) is 5. The van der Waals surface area contributed by atoms with Crippen molar-refractivity contribution in [2.24, 2.45) is 5.92 Å². The van der Waals surface area contributed by atoms with Crippen LogP contribution >= 0.6 is 11.6 Å². The first kappa shape index (κ1) is 23.8. The van der Waals surface area contributed by atoms with Crippen LogP contribution in [-0.2, 0) is 11.3 Å². The third-order valence-corrected chi connectivity index (χ3v) is 7.49. The minimum absolute atomic E-state index is 0.0934. The molecule has 1 amide bonds. The van der Waals surface area contributed by atoms with Crippen molar-refractivity contribution >= 4 is 23.2 Å². The molecule has 3 aromatic rings. The number of piperazine rings is 1. The van der Waals surface area contributed by atoms with Crippen LogP contribution in [0.15, 0.2) is 47.0 Å². The lowest BCUT2D eigenvalue weighted by Crippen LogP contribution is -2.51. The first-order chi connectivity index (χ1) is 17.0. The Morgan fingerprint density at radius 2 is 1.74 bits per heavy atom. The normalized spacial score (nSPS) is 17.7. The zero-order valence-electron chi connectivity index (χ0n) is 20.4. The SMILES string of the molecule is Cc1ccccc1-c1noc(CN2CCC(C(=O)N3CCN(c4cc(Cl)ccc4C)CC3)CC2)n1. The van der Waals surface area contributed by atoms with Gasteiger partial charge in [0.1, 0.15) is 0 Å². The van der Waals surface area contributed by atoms with E-state index in [1.807, 2.05) is 48.2 Å². The number of carbonyl (C=O) groups excluding carboxylic acids is 1. The van der Waals surface area contributed by atoms with Gasteiger partial charge in [0.05, 0.1) is 6.54 Å². The van der Waals surface area contributed by atoms with E-state index in [0.29, 0.717) is 24.2 Å². The molecule has 0 saturated carbocycles. The van der Waals surface area contributed by atoms with Gasteiger partial charge < -0.3 is 14.3 Å². The molecule has 2 aromatic carbocycles. The van der Waals surface area contributed by atoms with Crippen molar-refractivity contribution < 1.29 is 9.32 Å². The van der Waals surface area contributed by atoms with Gasteiger partial charge >= 0.3 is 0 Å². The van der Waals surface area contributed by atoms with E-state index in [-0.39, 0.29) is 5.92 Å². The number of aromatic nitrogens is 2. The third-order valence-electron chi connectivity index (χ3n) is 7.25. The number of hydrogen-bond acceptors (Lipinski definition) is 6. The molecule has 184 valence electrons. The Hall–Kier alpha value is -2.90. The fraction of sp³-hybridized carbons (Fsp3) is 0.444. The summed E-state index contributed by atoms with van der Waals surface area (Å²) in [5.74, 6) is 1.65. The van der Waals surface area contributed by atoms with Gasteiger partial charge in [0, 0.05) is 48.4 Å². The van der Waals surface area contributed by atoms with Crippen molar-refractivity contribution in [3.05, 3.63) is 64.5 Å². The minimum Gasteiger partial charge on any atom is -0.368 e. The topological polar surface area (TPSA) is 65.7 Å². The molecule has 7 nitrogen and oxygen atoms in total. The van der Waals surface area contributed by atoms with Gasteiger partial charge in [-0.15, -0.1) is 0 Å². The number of amides is 1. The van der Waals surface area contributed by atoms with Crippen molar-refractivity contribution in [3.8, 4) is 11.4 Å². The Kier molecular flexibility index (Phi) is 7.07. The molecule has 0 unspecified atom stereocenters. The molecule has 0 aliphatic carbocycles. The smallest absolute Gasteiger partial charge is 0.241 e. The molecule has 2 aliphatic rings. The van der Waals surface area contributed by atoms with E-state index >= 15 is 0 Å². The van der Waals surface area contributed by atoms with Crippen LogP contribution < -0.4 is 4.90 Å². The van der Waals surface area contributed by atoms with Crippen molar-refractivity contribution in [1.29, 1.82) is 0 Å². The molecule has 0 bridgehead atoms. The van der Waals surface area contributed by atoms with E-state index in [4.69, 9.17) is 16.1 Å². The Bertz CT molecular complexity index is 1180. The summed E-state index contributed by atoms with van der Waals surface area (Å²) in [6, 6.07) is 14.1. The Morgan fingerprint density at radius 1 is 1.00 bits per heavy atom. The molecule has 35 heavy (non-hydrogen) atoms. The summed E-state index contributed by atoms with van der Waals surface area (Å²) in [6.07, 6.45) is 1.73. The summed E-state index contributed by atoms with van der Waals surface area (Å²) in [4.78, 5) is 24.5. The molecule has 2 fully saturated rings. The number of anilines is 1. The van der Waals surface area contributed by atoms with Crippen molar-refractivity contribution in [1.82, 2.24) is 19.9 Å². The van der Waals surface area contributed by atoms with Crippen molar-refractivity contribution in [3.63, 3.8) is 0 Å².